The highest BCUT2D eigenvalue weighted by Gasteiger charge is 1.99. The van der Waals surface area contributed by atoms with Crippen LogP contribution in [0.1, 0.15) is 5.82 Å². The first-order valence-electron chi connectivity index (χ1n) is 4.85. The Hall–Kier alpha value is -1.84. The second-order valence-electron chi connectivity index (χ2n) is 3.24. The summed E-state index contributed by atoms with van der Waals surface area (Å²) in [6.07, 6.45) is 7.96. The zero-order valence-electron chi connectivity index (χ0n) is 8.63. The van der Waals surface area contributed by atoms with E-state index >= 15 is 0 Å². The molecule has 78 valence electrons. The van der Waals surface area contributed by atoms with Gasteiger partial charge in [0, 0.05) is 32.1 Å². The van der Waals surface area contributed by atoms with Gasteiger partial charge in [-0.1, -0.05) is 0 Å². The summed E-state index contributed by atoms with van der Waals surface area (Å²) in [5.41, 5.74) is 0. The minimum Gasteiger partial charge on any atom is -0.492 e. The van der Waals surface area contributed by atoms with Gasteiger partial charge in [-0.3, -0.25) is 4.98 Å². The Morgan fingerprint density at radius 3 is 3.00 bits per heavy atom. The van der Waals surface area contributed by atoms with E-state index < -0.39 is 0 Å². The van der Waals surface area contributed by atoms with E-state index in [1.165, 1.54) is 0 Å². The standard InChI is InChI=1S/C11H13N3O/c1-14-7-6-13-11(14)4-8-15-10-3-2-5-12-9-10/h2-3,5-7,9H,4,8H2,1H3. The molecular formula is C11H13N3O. The molecule has 0 N–H and O–H groups in total. The fraction of sp³-hybridized carbons (Fsp3) is 0.273. The lowest BCUT2D eigenvalue weighted by atomic mass is 10.4. The lowest BCUT2D eigenvalue weighted by Gasteiger charge is -2.05. The number of ether oxygens (including phenoxy) is 1. The van der Waals surface area contributed by atoms with E-state index in [0.717, 1.165) is 18.0 Å². The van der Waals surface area contributed by atoms with Gasteiger partial charge in [0.15, 0.2) is 0 Å². The van der Waals surface area contributed by atoms with Crippen molar-refractivity contribution in [3.05, 3.63) is 42.7 Å². The Morgan fingerprint density at radius 2 is 2.33 bits per heavy atom. The Morgan fingerprint density at radius 1 is 1.40 bits per heavy atom. The lowest BCUT2D eigenvalue weighted by Crippen LogP contribution is -2.06. The van der Waals surface area contributed by atoms with E-state index in [9.17, 15) is 0 Å². The predicted molar refractivity (Wildman–Crippen MR) is 56.6 cm³/mol. The maximum absolute atomic E-state index is 5.52. The molecule has 2 rings (SSSR count). The number of hydrogen-bond acceptors (Lipinski definition) is 3. The van der Waals surface area contributed by atoms with Crippen molar-refractivity contribution in [3.8, 4) is 5.75 Å². The van der Waals surface area contributed by atoms with E-state index in [1.807, 2.05) is 29.9 Å². The maximum atomic E-state index is 5.52. The Balaban J connectivity index is 1.83. The molecule has 0 aliphatic rings. The number of aryl methyl sites for hydroxylation is 1. The Bertz CT molecular complexity index is 411. The maximum Gasteiger partial charge on any atom is 0.137 e. The van der Waals surface area contributed by atoms with E-state index in [4.69, 9.17) is 4.74 Å². The molecule has 2 aromatic rings. The second kappa shape index (κ2) is 4.59. The first kappa shape index (κ1) is 9.71. The number of imidazole rings is 1. The molecule has 0 spiro atoms. The molecule has 2 heterocycles. The molecule has 0 aliphatic heterocycles. The van der Waals surface area contributed by atoms with Gasteiger partial charge in [0.1, 0.15) is 11.6 Å². The molecule has 0 aliphatic carbocycles. The number of aromatic nitrogens is 3. The van der Waals surface area contributed by atoms with E-state index in [-0.39, 0.29) is 0 Å². The number of rotatable bonds is 4. The lowest BCUT2D eigenvalue weighted by molar-refractivity contribution is 0.316. The van der Waals surface area contributed by atoms with Gasteiger partial charge in [0.25, 0.3) is 0 Å². The summed E-state index contributed by atoms with van der Waals surface area (Å²) < 4.78 is 7.51. The summed E-state index contributed by atoms with van der Waals surface area (Å²) in [6.45, 7) is 0.622. The fourth-order valence-electron chi connectivity index (χ4n) is 1.33. The molecule has 0 amide bonds. The van der Waals surface area contributed by atoms with E-state index in [2.05, 4.69) is 9.97 Å². The van der Waals surface area contributed by atoms with Crippen LogP contribution < -0.4 is 4.74 Å². The van der Waals surface area contributed by atoms with Crippen LogP contribution in [0.3, 0.4) is 0 Å². The highest BCUT2D eigenvalue weighted by molar-refractivity contribution is 5.15. The van der Waals surface area contributed by atoms with Gasteiger partial charge in [0.2, 0.25) is 0 Å². The van der Waals surface area contributed by atoms with Crippen molar-refractivity contribution in [1.82, 2.24) is 14.5 Å². The van der Waals surface area contributed by atoms with Crippen LogP contribution in [0.15, 0.2) is 36.9 Å². The fourth-order valence-corrected chi connectivity index (χ4v) is 1.33. The zero-order chi connectivity index (χ0) is 10.5. The number of nitrogens with zero attached hydrogens (tertiary/aromatic N) is 3. The minimum absolute atomic E-state index is 0.622. The third-order valence-corrected chi connectivity index (χ3v) is 2.15. The summed E-state index contributed by atoms with van der Waals surface area (Å²) in [7, 11) is 1.98. The van der Waals surface area contributed by atoms with Crippen LogP contribution in [0.25, 0.3) is 0 Å². The van der Waals surface area contributed by atoms with Crippen LogP contribution in [-0.2, 0) is 13.5 Å². The van der Waals surface area contributed by atoms with Gasteiger partial charge in [-0.15, -0.1) is 0 Å². The monoisotopic (exact) mass is 203 g/mol. The van der Waals surface area contributed by atoms with Crippen molar-refractivity contribution in [2.45, 2.75) is 6.42 Å². The van der Waals surface area contributed by atoms with Gasteiger partial charge in [-0.2, -0.15) is 0 Å². The van der Waals surface area contributed by atoms with E-state index in [0.29, 0.717) is 6.61 Å². The Labute approximate surface area is 88.6 Å². The molecular weight excluding hydrogens is 190 g/mol. The molecule has 2 aromatic heterocycles. The predicted octanol–water partition coefficient (Wildman–Crippen LogP) is 1.44. The van der Waals surface area contributed by atoms with Crippen molar-refractivity contribution in [2.75, 3.05) is 6.61 Å². The highest BCUT2D eigenvalue weighted by atomic mass is 16.5. The van der Waals surface area contributed by atoms with Crippen LogP contribution in [0.4, 0.5) is 0 Å². The molecule has 4 nitrogen and oxygen atoms in total. The largest absolute Gasteiger partial charge is 0.492 e. The number of pyridine rings is 1. The average Bonchev–Trinajstić information content (AvgIpc) is 2.66. The van der Waals surface area contributed by atoms with Crippen molar-refractivity contribution in [1.29, 1.82) is 0 Å². The van der Waals surface area contributed by atoms with Crippen LogP contribution in [0, 0.1) is 0 Å². The van der Waals surface area contributed by atoms with Crippen molar-refractivity contribution in [2.24, 2.45) is 7.05 Å². The van der Waals surface area contributed by atoms with Gasteiger partial charge in [0.05, 0.1) is 12.8 Å². The van der Waals surface area contributed by atoms with Gasteiger partial charge >= 0.3 is 0 Å². The van der Waals surface area contributed by atoms with Crippen molar-refractivity contribution >= 4 is 0 Å². The Kier molecular flexibility index (Phi) is 2.97. The van der Waals surface area contributed by atoms with Gasteiger partial charge < -0.3 is 9.30 Å². The molecule has 0 unspecified atom stereocenters. The van der Waals surface area contributed by atoms with Crippen LogP contribution in [0.5, 0.6) is 5.75 Å². The van der Waals surface area contributed by atoms with E-state index in [1.54, 1.807) is 18.6 Å². The first-order valence-corrected chi connectivity index (χ1v) is 4.85. The van der Waals surface area contributed by atoms with Gasteiger partial charge in [-0.05, 0) is 12.1 Å². The molecule has 0 radical (unpaired) electrons. The summed E-state index contributed by atoms with van der Waals surface area (Å²) in [4.78, 5) is 8.19. The summed E-state index contributed by atoms with van der Waals surface area (Å²) in [6, 6.07) is 3.75. The molecule has 0 aromatic carbocycles. The SMILES string of the molecule is Cn1ccnc1CCOc1cccnc1. The van der Waals surface area contributed by atoms with Crippen molar-refractivity contribution < 1.29 is 4.74 Å². The summed E-state index contributed by atoms with van der Waals surface area (Å²) in [5.74, 6) is 1.82. The molecule has 15 heavy (non-hydrogen) atoms. The quantitative estimate of drug-likeness (QED) is 0.754. The molecule has 0 fully saturated rings. The van der Waals surface area contributed by atoms with Crippen molar-refractivity contribution in [3.63, 3.8) is 0 Å². The highest BCUT2D eigenvalue weighted by Crippen LogP contribution is 2.06. The third kappa shape index (κ3) is 2.56. The topological polar surface area (TPSA) is 39.9 Å². The summed E-state index contributed by atoms with van der Waals surface area (Å²) >= 11 is 0. The minimum atomic E-state index is 0.622. The van der Waals surface area contributed by atoms with Crippen LogP contribution in [0.2, 0.25) is 0 Å². The molecule has 0 atom stereocenters. The summed E-state index contributed by atoms with van der Waals surface area (Å²) in [5, 5.41) is 0. The smallest absolute Gasteiger partial charge is 0.137 e. The third-order valence-electron chi connectivity index (χ3n) is 2.15. The number of hydrogen-bond donors (Lipinski definition) is 0. The first-order chi connectivity index (χ1) is 7.36. The molecule has 0 saturated carbocycles. The molecule has 0 saturated heterocycles. The van der Waals surface area contributed by atoms with Crippen LogP contribution in [-0.4, -0.2) is 21.1 Å². The van der Waals surface area contributed by atoms with Crippen LogP contribution >= 0.6 is 0 Å². The molecule has 4 heteroatoms. The average molecular weight is 203 g/mol. The second-order valence-corrected chi connectivity index (χ2v) is 3.24. The molecule has 0 bridgehead atoms. The normalized spacial score (nSPS) is 10.2. The zero-order valence-corrected chi connectivity index (χ0v) is 8.63. The van der Waals surface area contributed by atoms with Gasteiger partial charge in [-0.25, -0.2) is 4.98 Å².